The molecule has 0 aliphatic rings. The molecule has 0 fully saturated rings. The van der Waals surface area contributed by atoms with Crippen LogP contribution in [0, 0.1) is 6.92 Å². The van der Waals surface area contributed by atoms with Crippen LogP contribution in [-0.4, -0.2) is 18.5 Å². The predicted octanol–water partition coefficient (Wildman–Crippen LogP) is 5.02. The summed E-state index contributed by atoms with van der Waals surface area (Å²) in [5.41, 5.74) is 5.33. The number of benzene rings is 3. The van der Waals surface area contributed by atoms with Gasteiger partial charge in [0.2, 0.25) is 0 Å². The molecule has 3 aromatic rings. The summed E-state index contributed by atoms with van der Waals surface area (Å²) in [5, 5.41) is 2.85. The Hall–Kier alpha value is -3.40. The van der Waals surface area contributed by atoms with Crippen LogP contribution in [0.4, 0.5) is 5.69 Å². The van der Waals surface area contributed by atoms with Gasteiger partial charge in [-0.05, 0) is 47.7 Å². The minimum atomic E-state index is -0.518. The van der Waals surface area contributed by atoms with Gasteiger partial charge < -0.3 is 10.1 Å². The summed E-state index contributed by atoms with van der Waals surface area (Å²) in [5.74, 6) is -0.867. The summed E-state index contributed by atoms with van der Waals surface area (Å²) in [7, 11) is 0. The van der Waals surface area contributed by atoms with Gasteiger partial charge in [-0.1, -0.05) is 67.6 Å². The van der Waals surface area contributed by atoms with E-state index in [1.165, 1.54) is 0 Å². The second-order valence-corrected chi connectivity index (χ2v) is 6.53. The van der Waals surface area contributed by atoms with Crippen LogP contribution in [0.1, 0.15) is 28.4 Å². The molecule has 0 saturated carbocycles. The maximum atomic E-state index is 12.2. The number of hydrogen-bond donors (Lipinski definition) is 1. The Balaban J connectivity index is 1.59. The summed E-state index contributed by atoms with van der Waals surface area (Å²) in [6.45, 7) is 3.65. The highest BCUT2D eigenvalue weighted by Gasteiger charge is 2.13. The lowest BCUT2D eigenvalue weighted by molar-refractivity contribution is -0.119. The van der Waals surface area contributed by atoms with E-state index >= 15 is 0 Å². The van der Waals surface area contributed by atoms with E-state index < -0.39 is 5.97 Å². The van der Waals surface area contributed by atoms with Crippen molar-refractivity contribution in [3.8, 4) is 11.1 Å². The Morgan fingerprint density at radius 2 is 1.54 bits per heavy atom. The third-order valence-electron chi connectivity index (χ3n) is 4.57. The van der Waals surface area contributed by atoms with Gasteiger partial charge in [-0.25, -0.2) is 4.79 Å². The molecule has 0 heterocycles. The van der Waals surface area contributed by atoms with Crippen LogP contribution in [0.5, 0.6) is 0 Å². The van der Waals surface area contributed by atoms with Crippen molar-refractivity contribution >= 4 is 17.6 Å². The van der Waals surface area contributed by atoms with Crippen LogP contribution in [-0.2, 0) is 16.0 Å². The highest BCUT2D eigenvalue weighted by atomic mass is 16.5. The molecule has 0 aromatic heterocycles. The number of hydrogen-bond acceptors (Lipinski definition) is 3. The Morgan fingerprint density at radius 1 is 0.857 bits per heavy atom. The largest absolute Gasteiger partial charge is 0.452 e. The average Bonchev–Trinajstić information content (AvgIpc) is 2.74. The van der Waals surface area contributed by atoms with Crippen molar-refractivity contribution in [1.29, 1.82) is 0 Å². The van der Waals surface area contributed by atoms with Gasteiger partial charge in [0.05, 0.1) is 5.56 Å². The number of anilines is 1. The smallest absolute Gasteiger partial charge is 0.338 e. The first-order valence-electron chi connectivity index (χ1n) is 9.29. The molecule has 0 bridgehead atoms. The molecule has 28 heavy (non-hydrogen) atoms. The topological polar surface area (TPSA) is 55.4 Å². The SMILES string of the molecule is CCc1cccc(C)c1NC(=O)COC(=O)c1ccc(-c2ccccc2)cc1. The number of nitrogens with one attached hydrogen (secondary N) is 1. The number of carbonyl (C=O) groups is 2. The van der Waals surface area contributed by atoms with Crippen molar-refractivity contribution in [3.05, 3.63) is 89.5 Å². The van der Waals surface area contributed by atoms with Crippen LogP contribution < -0.4 is 5.32 Å². The lowest BCUT2D eigenvalue weighted by Gasteiger charge is -2.13. The molecular formula is C24H23NO3. The summed E-state index contributed by atoms with van der Waals surface area (Å²) in [6.07, 6.45) is 0.810. The normalized spacial score (nSPS) is 10.4. The van der Waals surface area contributed by atoms with Crippen LogP contribution in [0.3, 0.4) is 0 Å². The zero-order valence-corrected chi connectivity index (χ0v) is 16.1. The summed E-state index contributed by atoms with van der Waals surface area (Å²) in [6, 6.07) is 22.9. The number of para-hydroxylation sites is 1. The van der Waals surface area contributed by atoms with Crippen molar-refractivity contribution in [3.63, 3.8) is 0 Å². The highest BCUT2D eigenvalue weighted by molar-refractivity contribution is 5.96. The number of carbonyl (C=O) groups excluding carboxylic acids is 2. The second-order valence-electron chi connectivity index (χ2n) is 6.53. The molecule has 0 aliphatic carbocycles. The minimum Gasteiger partial charge on any atom is -0.452 e. The van der Waals surface area contributed by atoms with Crippen LogP contribution >= 0.6 is 0 Å². The zero-order valence-electron chi connectivity index (χ0n) is 16.1. The van der Waals surface area contributed by atoms with Crippen molar-refractivity contribution in [2.75, 3.05) is 11.9 Å². The monoisotopic (exact) mass is 373 g/mol. The van der Waals surface area contributed by atoms with Crippen molar-refractivity contribution in [2.24, 2.45) is 0 Å². The van der Waals surface area contributed by atoms with Gasteiger partial charge in [-0.15, -0.1) is 0 Å². The lowest BCUT2D eigenvalue weighted by Crippen LogP contribution is -2.22. The first-order chi connectivity index (χ1) is 13.6. The van der Waals surface area contributed by atoms with E-state index in [0.29, 0.717) is 5.56 Å². The van der Waals surface area contributed by atoms with Gasteiger partial charge in [0.1, 0.15) is 0 Å². The third kappa shape index (κ3) is 4.65. The second kappa shape index (κ2) is 9.00. The molecule has 0 unspecified atom stereocenters. The Bertz CT molecular complexity index is 963. The van der Waals surface area contributed by atoms with Crippen LogP contribution in [0.2, 0.25) is 0 Å². The minimum absolute atomic E-state index is 0.323. The highest BCUT2D eigenvalue weighted by Crippen LogP contribution is 2.21. The van der Waals surface area contributed by atoms with E-state index in [1.54, 1.807) is 12.1 Å². The van der Waals surface area contributed by atoms with Gasteiger partial charge in [0, 0.05) is 5.69 Å². The summed E-state index contributed by atoms with van der Waals surface area (Å²) >= 11 is 0. The fraction of sp³-hybridized carbons (Fsp3) is 0.167. The molecule has 3 rings (SSSR count). The third-order valence-corrected chi connectivity index (χ3v) is 4.57. The lowest BCUT2D eigenvalue weighted by atomic mass is 10.0. The number of aryl methyl sites for hydroxylation is 2. The summed E-state index contributed by atoms with van der Waals surface area (Å²) in [4.78, 5) is 24.5. The first-order valence-corrected chi connectivity index (χ1v) is 9.29. The standard InChI is InChI=1S/C24H23NO3/c1-3-18-11-7-8-17(2)23(18)25-22(26)16-28-24(27)21-14-12-20(13-15-21)19-9-5-4-6-10-19/h4-15H,3,16H2,1-2H3,(H,25,26). The molecule has 3 aromatic carbocycles. The van der Waals surface area contributed by atoms with Crippen molar-refractivity contribution < 1.29 is 14.3 Å². The maximum absolute atomic E-state index is 12.2. The van der Waals surface area contributed by atoms with Gasteiger partial charge >= 0.3 is 5.97 Å². The number of amides is 1. The molecule has 0 saturated heterocycles. The molecule has 4 heteroatoms. The zero-order chi connectivity index (χ0) is 19.9. The Labute approximate surface area is 165 Å². The van der Waals surface area contributed by atoms with Crippen LogP contribution in [0.25, 0.3) is 11.1 Å². The fourth-order valence-electron chi connectivity index (χ4n) is 3.02. The molecule has 1 amide bonds. The molecule has 142 valence electrons. The molecule has 0 spiro atoms. The van der Waals surface area contributed by atoms with Gasteiger partial charge in [0.15, 0.2) is 6.61 Å². The quantitative estimate of drug-likeness (QED) is 0.617. The van der Waals surface area contributed by atoms with Crippen molar-refractivity contribution in [1.82, 2.24) is 0 Å². The number of rotatable bonds is 6. The maximum Gasteiger partial charge on any atom is 0.338 e. The van der Waals surface area contributed by atoms with Gasteiger partial charge in [-0.2, -0.15) is 0 Å². The Morgan fingerprint density at radius 3 is 2.21 bits per heavy atom. The van der Waals surface area contributed by atoms with E-state index in [4.69, 9.17) is 4.74 Å². The van der Waals surface area contributed by atoms with E-state index in [9.17, 15) is 9.59 Å². The van der Waals surface area contributed by atoms with E-state index in [1.807, 2.05) is 74.5 Å². The van der Waals surface area contributed by atoms with E-state index in [0.717, 1.165) is 34.4 Å². The number of ether oxygens (including phenoxy) is 1. The molecule has 0 aliphatic heterocycles. The summed E-state index contributed by atoms with van der Waals surface area (Å²) < 4.78 is 5.17. The fourth-order valence-corrected chi connectivity index (χ4v) is 3.02. The molecule has 0 atom stereocenters. The predicted molar refractivity (Wildman–Crippen MR) is 111 cm³/mol. The van der Waals surface area contributed by atoms with E-state index in [2.05, 4.69) is 5.32 Å². The van der Waals surface area contributed by atoms with Crippen molar-refractivity contribution in [2.45, 2.75) is 20.3 Å². The molecule has 0 radical (unpaired) electrons. The van der Waals surface area contributed by atoms with Gasteiger partial charge in [-0.3, -0.25) is 4.79 Å². The van der Waals surface area contributed by atoms with Gasteiger partial charge in [0.25, 0.3) is 5.91 Å². The Kier molecular flexibility index (Phi) is 6.22. The molecule has 4 nitrogen and oxygen atoms in total. The number of esters is 1. The molecular weight excluding hydrogens is 350 g/mol. The average molecular weight is 373 g/mol. The first kappa shape index (κ1) is 19.4. The molecule has 1 N–H and O–H groups in total. The van der Waals surface area contributed by atoms with E-state index in [-0.39, 0.29) is 12.5 Å². The van der Waals surface area contributed by atoms with Crippen LogP contribution in [0.15, 0.2) is 72.8 Å².